The van der Waals surface area contributed by atoms with E-state index in [1.54, 1.807) is 29.2 Å². The van der Waals surface area contributed by atoms with Gasteiger partial charge in [0.15, 0.2) is 0 Å². The molecule has 0 radical (unpaired) electrons. The van der Waals surface area contributed by atoms with E-state index in [1.807, 2.05) is 0 Å². The third-order valence-electron chi connectivity index (χ3n) is 4.88. The molecule has 2 aromatic carbocycles. The summed E-state index contributed by atoms with van der Waals surface area (Å²) in [6, 6.07) is 10.6. The van der Waals surface area contributed by atoms with E-state index in [0.29, 0.717) is 35.5 Å². The smallest absolute Gasteiger partial charge is 0.261 e. The molecule has 1 amide bonds. The largest absolute Gasteiger partial charge is 0.496 e. The summed E-state index contributed by atoms with van der Waals surface area (Å²) in [6.07, 6.45) is 1.87. The number of hydrogen-bond donors (Lipinski definition) is 1. The lowest BCUT2D eigenvalue weighted by Gasteiger charge is -2.30. The van der Waals surface area contributed by atoms with Gasteiger partial charge in [0.2, 0.25) is 0 Å². The van der Waals surface area contributed by atoms with Gasteiger partial charge in [-0.25, -0.2) is 8.42 Å². The summed E-state index contributed by atoms with van der Waals surface area (Å²) < 4.78 is 33.3. The molecule has 1 aliphatic rings. The number of methoxy groups -OCH3 is 1. The lowest BCUT2D eigenvalue weighted by molar-refractivity contribution is 0.0693. The minimum atomic E-state index is -3.87. The summed E-state index contributed by atoms with van der Waals surface area (Å²) in [5.74, 6) is 0.725. The predicted octanol–water partition coefficient (Wildman–Crippen LogP) is 4.02. The van der Waals surface area contributed by atoms with E-state index in [0.717, 1.165) is 12.8 Å². The Kier molecular flexibility index (Phi) is 6.15. The third-order valence-corrected chi connectivity index (χ3v) is 6.51. The molecule has 6 nitrogen and oxygen atoms in total. The molecule has 8 heteroatoms. The summed E-state index contributed by atoms with van der Waals surface area (Å²) in [5, 5.41) is 0.510. The number of amides is 1. The van der Waals surface area contributed by atoms with E-state index < -0.39 is 10.0 Å². The second-order valence-electron chi connectivity index (χ2n) is 6.95. The summed E-state index contributed by atoms with van der Waals surface area (Å²) >= 11 is 5.84. The molecule has 0 saturated carbocycles. The lowest BCUT2D eigenvalue weighted by atomic mass is 9.98. The number of carbonyl (C=O) groups is 1. The topological polar surface area (TPSA) is 75.7 Å². The van der Waals surface area contributed by atoms with E-state index in [2.05, 4.69) is 11.6 Å². The van der Waals surface area contributed by atoms with Crippen LogP contribution in [-0.4, -0.2) is 39.4 Å². The highest BCUT2D eigenvalue weighted by Crippen LogP contribution is 2.27. The highest BCUT2D eigenvalue weighted by molar-refractivity contribution is 7.92. The standard InChI is InChI=1S/C20H23ClN2O4S/c1-14-9-11-23(12-10-14)20(24)18-13-17(7-8-19(18)27-2)28(25,26)22-16-5-3-15(21)4-6-16/h3-8,13-14,22H,9-12H2,1-2H3. The van der Waals surface area contributed by atoms with Crippen molar-refractivity contribution in [3.8, 4) is 5.75 Å². The van der Waals surface area contributed by atoms with Crippen LogP contribution in [0.3, 0.4) is 0 Å². The fourth-order valence-corrected chi connectivity index (χ4v) is 4.35. The second-order valence-corrected chi connectivity index (χ2v) is 9.07. The number of rotatable bonds is 5. The quantitative estimate of drug-likeness (QED) is 0.789. The Morgan fingerprint density at radius 3 is 2.39 bits per heavy atom. The van der Waals surface area contributed by atoms with Gasteiger partial charge >= 0.3 is 0 Å². The summed E-state index contributed by atoms with van der Waals surface area (Å²) in [6.45, 7) is 3.48. The highest BCUT2D eigenvalue weighted by Gasteiger charge is 2.26. The number of piperidine rings is 1. The number of hydrogen-bond acceptors (Lipinski definition) is 4. The number of nitrogens with zero attached hydrogens (tertiary/aromatic N) is 1. The van der Waals surface area contributed by atoms with Crippen LogP contribution in [0, 0.1) is 5.92 Å². The fourth-order valence-electron chi connectivity index (χ4n) is 3.14. The molecule has 1 fully saturated rings. The molecule has 28 heavy (non-hydrogen) atoms. The molecule has 0 spiro atoms. The van der Waals surface area contributed by atoms with E-state index in [4.69, 9.17) is 16.3 Å². The fraction of sp³-hybridized carbons (Fsp3) is 0.350. The molecule has 2 aromatic rings. The normalized spacial score (nSPS) is 15.3. The Bertz CT molecular complexity index is 953. The zero-order valence-corrected chi connectivity index (χ0v) is 17.4. The van der Waals surface area contributed by atoms with Gasteiger partial charge in [-0.2, -0.15) is 0 Å². The maximum atomic E-state index is 13.0. The van der Waals surface area contributed by atoms with Crippen molar-refractivity contribution in [2.45, 2.75) is 24.7 Å². The van der Waals surface area contributed by atoms with E-state index >= 15 is 0 Å². The van der Waals surface area contributed by atoms with Gasteiger partial charge in [0.1, 0.15) is 5.75 Å². The lowest BCUT2D eigenvalue weighted by Crippen LogP contribution is -2.38. The molecule has 0 bridgehead atoms. The molecule has 1 heterocycles. The van der Waals surface area contributed by atoms with Crippen molar-refractivity contribution >= 4 is 33.2 Å². The van der Waals surface area contributed by atoms with E-state index in [1.165, 1.54) is 25.3 Å². The van der Waals surface area contributed by atoms with Gasteiger partial charge in [-0.1, -0.05) is 18.5 Å². The number of anilines is 1. The number of likely N-dealkylation sites (tertiary alicyclic amines) is 1. The van der Waals surface area contributed by atoms with Crippen molar-refractivity contribution in [2.75, 3.05) is 24.9 Å². The summed E-state index contributed by atoms with van der Waals surface area (Å²) in [5.41, 5.74) is 0.633. The van der Waals surface area contributed by atoms with Crippen molar-refractivity contribution in [2.24, 2.45) is 5.92 Å². The third kappa shape index (κ3) is 4.59. The summed E-state index contributed by atoms with van der Waals surface area (Å²) in [4.78, 5) is 14.7. The molecular weight excluding hydrogens is 400 g/mol. The maximum Gasteiger partial charge on any atom is 0.261 e. The van der Waals surface area contributed by atoms with Crippen molar-refractivity contribution in [1.82, 2.24) is 4.90 Å². The first-order valence-corrected chi connectivity index (χ1v) is 10.9. The Hall–Kier alpha value is -2.25. The van der Waals surface area contributed by atoms with Gasteiger partial charge in [0.05, 0.1) is 17.6 Å². The molecule has 3 rings (SSSR count). The van der Waals surface area contributed by atoms with Crippen LogP contribution in [0.15, 0.2) is 47.4 Å². The van der Waals surface area contributed by atoms with Gasteiger partial charge in [-0.05, 0) is 61.2 Å². The monoisotopic (exact) mass is 422 g/mol. The van der Waals surface area contributed by atoms with Crippen molar-refractivity contribution in [3.05, 3.63) is 53.1 Å². The van der Waals surface area contributed by atoms with Crippen LogP contribution in [0.2, 0.25) is 5.02 Å². The van der Waals surface area contributed by atoms with E-state index in [-0.39, 0.29) is 16.4 Å². The van der Waals surface area contributed by atoms with Crippen molar-refractivity contribution in [3.63, 3.8) is 0 Å². The van der Waals surface area contributed by atoms with Crippen LogP contribution in [0.5, 0.6) is 5.75 Å². The van der Waals surface area contributed by atoms with Gasteiger partial charge in [-0.3, -0.25) is 9.52 Å². The van der Waals surface area contributed by atoms with Crippen LogP contribution in [0.25, 0.3) is 0 Å². The number of halogens is 1. The SMILES string of the molecule is COc1ccc(S(=O)(=O)Nc2ccc(Cl)cc2)cc1C(=O)N1CCC(C)CC1. The van der Waals surface area contributed by atoms with Gasteiger partial charge in [0.25, 0.3) is 15.9 Å². The Labute approximate surface area is 170 Å². The molecule has 0 unspecified atom stereocenters. The van der Waals surface area contributed by atoms with Crippen LogP contribution in [0.1, 0.15) is 30.1 Å². The number of nitrogens with one attached hydrogen (secondary N) is 1. The first kappa shape index (κ1) is 20.5. The average Bonchev–Trinajstić information content (AvgIpc) is 2.69. The highest BCUT2D eigenvalue weighted by atomic mass is 35.5. The van der Waals surface area contributed by atoms with Crippen LogP contribution < -0.4 is 9.46 Å². The minimum Gasteiger partial charge on any atom is -0.496 e. The number of sulfonamides is 1. The molecule has 150 valence electrons. The summed E-state index contributed by atoms with van der Waals surface area (Å²) in [7, 11) is -2.40. The Morgan fingerprint density at radius 1 is 1.14 bits per heavy atom. The zero-order valence-electron chi connectivity index (χ0n) is 15.8. The number of ether oxygens (including phenoxy) is 1. The molecule has 0 aliphatic carbocycles. The molecule has 1 aliphatic heterocycles. The Balaban J connectivity index is 1.89. The molecule has 0 atom stereocenters. The first-order chi connectivity index (χ1) is 13.3. The molecule has 0 aromatic heterocycles. The molecular formula is C20H23ClN2O4S. The molecule has 1 N–H and O–H groups in total. The average molecular weight is 423 g/mol. The van der Waals surface area contributed by atoms with Crippen LogP contribution in [-0.2, 0) is 10.0 Å². The molecule has 1 saturated heterocycles. The van der Waals surface area contributed by atoms with Gasteiger partial charge < -0.3 is 9.64 Å². The Morgan fingerprint density at radius 2 is 1.79 bits per heavy atom. The van der Waals surface area contributed by atoms with Crippen molar-refractivity contribution < 1.29 is 17.9 Å². The maximum absolute atomic E-state index is 13.0. The second kappa shape index (κ2) is 8.41. The van der Waals surface area contributed by atoms with Crippen LogP contribution in [0.4, 0.5) is 5.69 Å². The van der Waals surface area contributed by atoms with Crippen LogP contribution >= 0.6 is 11.6 Å². The first-order valence-electron chi connectivity index (χ1n) is 9.06. The number of carbonyl (C=O) groups excluding carboxylic acids is 1. The minimum absolute atomic E-state index is 0.00280. The van der Waals surface area contributed by atoms with Gasteiger partial charge in [-0.15, -0.1) is 0 Å². The number of benzene rings is 2. The zero-order chi connectivity index (χ0) is 20.3. The predicted molar refractivity (Wildman–Crippen MR) is 110 cm³/mol. The van der Waals surface area contributed by atoms with Gasteiger partial charge in [0, 0.05) is 23.8 Å². The van der Waals surface area contributed by atoms with E-state index in [9.17, 15) is 13.2 Å². The van der Waals surface area contributed by atoms with Crippen molar-refractivity contribution in [1.29, 1.82) is 0 Å².